The van der Waals surface area contributed by atoms with E-state index < -0.39 is 21.8 Å². The van der Waals surface area contributed by atoms with Crippen LogP contribution in [0.2, 0.25) is 0 Å². The van der Waals surface area contributed by atoms with Crippen LogP contribution in [0.1, 0.15) is 16.3 Å². The quantitative estimate of drug-likeness (QED) is 0.723. The van der Waals surface area contributed by atoms with Crippen LogP contribution in [0.4, 0.5) is 0 Å². The van der Waals surface area contributed by atoms with Gasteiger partial charge in [-0.3, -0.25) is 0 Å². The Hall–Kier alpha value is -1.64. The number of carboxylic acid groups (broad SMARTS) is 1. The molecule has 1 aromatic heterocycles. The molecule has 0 radical (unpaired) electrons. The van der Waals surface area contributed by atoms with Gasteiger partial charge in [-0.15, -0.1) is 6.58 Å². The molecule has 112 valence electrons. The number of carbonyl (C=O) groups is 1. The summed E-state index contributed by atoms with van der Waals surface area (Å²) in [5, 5.41) is 8.83. The second-order valence-electron chi connectivity index (χ2n) is 3.98. The van der Waals surface area contributed by atoms with E-state index in [0.717, 1.165) is 10.4 Å². The Morgan fingerprint density at radius 2 is 2.25 bits per heavy atom. The molecule has 0 aliphatic heterocycles. The van der Waals surface area contributed by atoms with E-state index in [4.69, 9.17) is 14.3 Å². The Balaban J connectivity index is 3.18. The third-order valence-electron chi connectivity index (χ3n) is 2.58. The maximum atomic E-state index is 12.5. The Bertz CT molecular complexity index is 589. The average molecular weight is 303 g/mol. The van der Waals surface area contributed by atoms with Crippen LogP contribution < -0.4 is 0 Å². The maximum Gasteiger partial charge on any atom is 0.371 e. The van der Waals surface area contributed by atoms with E-state index in [2.05, 4.69) is 6.58 Å². The minimum Gasteiger partial charge on any atom is -0.475 e. The largest absolute Gasteiger partial charge is 0.475 e. The van der Waals surface area contributed by atoms with Gasteiger partial charge in [0.15, 0.2) is 0 Å². The first kappa shape index (κ1) is 16.4. The first-order chi connectivity index (χ1) is 9.34. The number of nitrogens with zero attached hydrogens (tertiary/aromatic N) is 1. The fourth-order valence-electron chi connectivity index (χ4n) is 1.61. The number of hydrogen-bond acceptors (Lipinski definition) is 5. The molecule has 20 heavy (non-hydrogen) atoms. The molecule has 1 N–H and O–H groups in total. The predicted octanol–water partition coefficient (Wildman–Crippen LogP) is 1.11. The summed E-state index contributed by atoms with van der Waals surface area (Å²) in [5.74, 6) is -1.69. The zero-order valence-corrected chi connectivity index (χ0v) is 12.1. The summed E-state index contributed by atoms with van der Waals surface area (Å²) in [4.78, 5) is 10.7. The van der Waals surface area contributed by atoms with Gasteiger partial charge in [-0.05, 0) is 6.92 Å². The van der Waals surface area contributed by atoms with Gasteiger partial charge in [0.2, 0.25) is 15.8 Å². The predicted molar refractivity (Wildman–Crippen MR) is 71.2 cm³/mol. The summed E-state index contributed by atoms with van der Waals surface area (Å²) in [5.41, 5.74) is 0. The Morgan fingerprint density at radius 1 is 1.60 bits per heavy atom. The third kappa shape index (κ3) is 3.47. The van der Waals surface area contributed by atoms with Crippen molar-refractivity contribution in [1.29, 1.82) is 0 Å². The lowest BCUT2D eigenvalue weighted by Crippen LogP contribution is -2.34. The normalized spacial score (nSPS) is 11.8. The van der Waals surface area contributed by atoms with Crippen molar-refractivity contribution >= 4 is 16.0 Å². The van der Waals surface area contributed by atoms with E-state index >= 15 is 0 Å². The molecule has 0 spiro atoms. The lowest BCUT2D eigenvalue weighted by molar-refractivity contribution is 0.0661. The average Bonchev–Trinajstić information content (AvgIpc) is 2.77. The van der Waals surface area contributed by atoms with Crippen molar-refractivity contribution in [1.82, 2.24) is 4.31 Å². The van der Waals surface area contributed by atoms with Crippen molar-refractivity contribution in [3.63, 3.8) is 0 Å². The first-order valence-corrected chi connectivity index (χ1v) is 7.22. The standard InChI is InChI=1S/C12H17NO6S/c1-4-5-13(6-7-18-3)20(16,17)11-8-10(12(14)15)19-9(11)2/h4,8H,1,5-7H2,2-3H3,(H,14,15). The van der Waals surface area contributed by atoms with Crippen molar-refractivity contribution in [3.05, 3.63) is 30.2 Å². The molecule has 0 saturated heterocycles. The van der Waals surface area contributed by atoms with Gasteiger partial charge in [-0.25, -0.2) is 13.2 Å². The third-order valence-corrected chi connectivity index (χ3v) is 4.55. The number of rotatable bonds is 8. The van der Waals surface area contributed by atoms with E-state index in [0.29, 0.717) is 0 Å². The Labute approximate surface area is 117 Å². The summed E-state index contributed by atoms with van der Waals surface area (Å²) in [6.45, 7) is 5.36. The summed E-state index contributed by atoms with van der Waals surface area (Å²) < 4.78 is 35.9. The monoisotopic (exact) mass is 303 g/mol. The van der Waals surface area contributed by atoms with E-state index in [1.165, 1.54) is 20.1 Å². The molecule has 1 aromatic rings. The summed E-state index contributed by atoms with van der Waals surface area (Å²) in [7, 11) is -2.39. The Morgan fingerprint density at radius 3 is 2.70 bits per heavy atom. The van der Waals surface area contributed by atoms with Crippen LogP contribution in [-0.4, -0.2) is 50.6 Å². The van der Waals surface area contributed by atoms with Crippen LogP contribution in [0.25, 0.3) is 0 Å². The molecule has 7 nitrogen and oxygen atoms in total. The summed E-state index contributed by atoms with van der Waals surface area (Å²) in [6, 6.07) is 1.01. The maximum absolute atomic E-state index is 12.5. The number of carboxylic acids is 1. The molecular weight excluding hydrogens is 286 g/mol. The smallest absolute Gasteiger partial charge is 0.371 e. The lowest BCUT2D eigenvalue weighted by atomic mass is 10.4. The number of aryl methyl sites for hydroxylation is 1. The Kier molecular flexibility index (Phi) is 5.49. The molecule has 0 aliphatic rings. The van der Waals surface area contributed by atoms with Gasteiger partial charge in [-0.2, -0.15) is 4.31 Å². The molecule has 0 atom stereocenters. The van der Waals surface area contributed by atoms with Crippen molar-refractivity contribution in [2.24, 2.45) is 0 Å². The number of furan rings is 1. The van der Waals surface area contributed by atoms with Gasteiger partial charge in [0.1, 0.15) is 10.7 Å². The molecule has 8 heteroatoms. The van der Waals surface area contributed by atoms with Crippen LogP contribution >= 0.6 is 0 Å². The fourth-order valence-corrected chi connectivity index (χ4v) is 3.17. The van der Waals surface area contributed by atoms with E-state index in [1.54, 1.807) is 0 Å². The van der Waals surface area contributed by atoms with Crippen LogP contribution in [0.5, 0.6) is 0 Å². The summed E-state index contributed by atoms with van der Waals surface area (Å²) in [6.07, 6.45) is 1.45. The first-order valence-electron chi connectivity index (χ1n) is 5.78. The number of sulfonamides is 1. The molecule has 0 unspecified atom stereocenters. The number of hydrogen-bond donors (Lipinski definition) is 1. The van der Waals surface area contributed by atoms with Crippen LogP contribution in [-0.2, 0) is 14.8 Å². The second-order valence-corrected chi connectivity index (χ2v) is 5.89. The van der Waals surface area contributed by atoms with Crippen molar-refractivity contribution in [3.8, 4) is 0 Å². The second kappa shape index (κ2) is 6.69. The molecular formula is C12H17NO6S. The van der Waals surface area contributed by atoms with Crippen LogP contribution in [0, 0.1) is 6.92 Å². The molecule has 0 aromatic carbocycles. The minimum atomic E-state index is -3.85. The molecule has 0 bridgehead atoms. The van der Waals surface area contributed by atoms with Gasteiger partial charge in [0, 0.05) is 26.3 Å². The summed E-state index contributed by atoms with van der Waals surface area (Å²) >= 11 is 0. The molecule has 0 saturated carbocycles. The fraction of sp³-hybridized carbons (Fsp3) is 0.417. The van der Waals surface area contributed by atoms with E-state index in [9.17, 15) is 13.2 Å². The highest BCUT2D eigenvalue weighted by Crippen LogP contribution is 2.23. The van der Waals surface area contributed by atoms with Crippen molar-refractivity contribution in [2.45, 2.75) is 11.8 Å². The highest BCUT2D eigenvalue weighted by atomic mass is 32.2. The molecule has 1 rings (SSSR count). The molecule has 0 fully saturated rings. The SMILES string of the molecule is C=CCN(CCOC)S(=O)(=O)c1cc(C(=O)O)oc1C. The lowest BCUT2D eigenvalue weighted by Gasteiger charge is -2.19. The molecule has 0 aliphatic carbocycles. The highest BCUT2D eigenvalue weighted by Gasteiger charge is 2.29. The zero-order valence-electron chi connectivity index (χ0n) is 11.3. The van der Waals surface area contributed by atoms with Gasteiger partial charge < -0.3 is 14.3 Å². The van der Waals surface area contributed by atoms with E-state index in [-0.39, 0.29) is 30.4 Å². The van der Waals surface area contributed by atoms with Crippen molar-refractivity contribution in [2.75, 3.05) is 26.8 Å². The van der Waals surface area contributed by atoms with Gasteiger partial charge in [-0.1, -0.05) is 6.08 Å². The molecule has 0 amide bonds. The molecule has 1 heterocycles. The van der Waals surface area contributed by atoms with Gasteiger partial charge in [0.05, 0.1) is 6.61 Å². The zero-order chi connectivity index (χ0) is 15.3. The van der Waals surface area contributed by atoms with Crippen LogP contribution in [0.3, 0.4) is 0 Å². The minimum absolute atomic E-state index is 0.0360. The van der Waals surface area contributed by atoms with Crippen molar-refractivity contribution < 1.29 is 27.5 Å². The number of aromatic carboxylic acids is 1. The van der Waals surface area contributed by atoms with Gasteiger partial charge >= 0.3 is 5.97 Å². The highest BCUT2D eigenvalue weighted by molar-refractivity contribution is 7.89. The topological polar surface area (TPSA) is 97.0 Å². The van der Waals surface area contributed by atoms with Crippen LogP contribution in [0.15, 0.2) is 28.0 Å². The number of ether oxygens (including phenoxy) is 1. The number of methoxy groups -OCH3 is 1. The van der Waals surface area contributed by atoms with E-state index in [1.807, 2.05) is 0 Å². The van der Waals surface area contributed by atoms with Gasteiger partial charge in [0.25, 0.3) is 0 Å².